The summed E-state index contributed by atoms with van der Waals surface area (Å²) in [6, 6.07) is 7.24. The van der Waals surface area contributed by atoms with Crippen LogP contribution in [0.3, 0.4) is 0 Å². The molecule has 2 aliphatic rings. The molecule has 0 radical (unpaired) electrons. The molecule has 0 aromatic heterocycles. The predicted octanol–water partition coefficient (Wildman–Crippen LogP) is 3.00. The average molecular weight is 273 g/mol. The normalized spacial score (nSPS) is 23.6. The molecule has 1 heterocycles. The van der Waals surface area contributed by atoms with Crippen LogP contribution in [0.5, 0.6) is 0 Å². The van der Waals surface area contributed by atoms with Crippen molar-refractivity contribution in [3.63, 3.8) is 0 Å². The first kappa shape index (κ1) is 13.5. The maximum atomic E-state index is 12.9. The predicted molar refractivity (Wildman–Crippen MR) is 78.8 cm³/mol. The molecule has 1 atom stereocenters. The van der Waals surface area contributed by atoms with E-state index in [9.17, 15) is 4.39 Å². The van der Waals surface area contributed by atoms with Gasteiger partial charge < -0.3 is 5.11 Å². The lowest BCUT2D eigenvalue weighted by Crippen LogP contribution is -2.36. The van der Waals surface area contributed by atoms with E-state index in [2.05, 4.69) is 17.1 Å². The lowest BCUT2D eigenvalue weighted by Gasteiger charge is -2.30. The molecular formula is C17H20FNO. The van der Waals surface area contributed by atoms with Gasteiger partial charge in [0.1, 0.15) is 5.82 Å². The summed E-state index contributed by atoms with van der Waals surface area (Å²) in [6.07, 6.45) is 7.62. The highest BCUT2D eigenvalue weighted by atomic mass is 19.1. The highest BCUT2D eigenvalue weighted by molar-refractivity contribution is 5.66. The highest BCUT2D eigenvalue weighted by Gasteiger charge is 2.23. The van der Waals surface area contributed by atoms with Crippen LogP contribution in [0.15, 0.2) is 42.0 Å². The Hall–Kier alpha value is -1.45. The Kier molecular flexibility index (Phi) is 3.99. The van der Waals surface area contributed by atoms with Crippen LogP contribution in [0.1, 0.15) is 24.8 Å². The molecule has 3 rings (SSSR count). The van der Waals surface area contributed by atoms with Crippen LogP contribution in [0.4, 0.5) is 4.39 Å². The van der Waals surface area contributed by atoms with E-state index in [0.29, 0.717) is 6.04 Å². The standard InChI is InChI=1S/C17H20FNO/c18-16-4-2-14(3-5-16)15-7-9-19(10-8-15)17-6-1-13(11-17)12-20/h2-5,7,11,17,20H,1,6,8-10,12H2. The second-order valence-corrected chi connectivity index (χ2v) is 5.57. The third kappa shape index (κ3) is 2.84. The first-order valence-electron chi connectivity index (χ1n) is 7.26. The number of hydrogen-bond donors (Lipinski definition) is 1. The van der Waals surface area contributed by atoms with Crippen LogP contribution in [-0.2, 0) is 0 Å². The summed E-state index contributed by atoms with van der Waals surface area (Å²) in [7, 11) is 0. The van der Waals surface area contributed by atoms with E-state index in [1.807, 2.05) is 12.1 Å². The van der Waals surface area contributed by atoms with Crippen molar-refractivity contribution >= 4 is 5.57 Å². The lowest BCUT2D eigenvalue weighted by atomic mass is 9.98. The van der Waals surface area contributed by atoms with Crippen molar-refractivity contribution in [2.45, 2.75) is 25.3 Å². The number of halogens is 1. The van der Waals surface area contributed by atoms with Crippen LogP contribution in [0.2, 0.25) is 0 Å². The molecule has 1 unspecified atom stereocenters. The van der Waals surface area contributed by atoms with Crippen molar-refractivity contribution in [3.8, 4) is 0 Å². The monoisotopic (exact) mass is 273 g/mol. The Morgan fingerprint density at radius 1 is 1.20 bits per heavy atom. The SMILES string of the molecule is OCC1=CC(N2CC=C(c3ccc(F)cc3)CC2)CC1. The van der Waals surface area contributed by atoms with Gasteiger partial charge in [0.15, 0.2) is 0 Å². The van der Waals surface area contributed by atoms with Crippen LogP contribution in [-0.4, -0.2) is 35.7 Å². The number of aliphatic hydroxyl groups excluding tert-OH is 1. The number of rotatable bonds is 3. The maximum absolute atomic E-state index is 12.9. The van der Waals surface area contributed by atoms with Crippen molar-refractivity contribution in [1.82, 2.24) is 4.90 Å². The molecule has 0 amide bonds. The summed E-state index contributed by atoms with van der Waals surface area (Å²) >= 11 is 0. The minimum atomic E-state index is -0.181. The molecular weight excluding hydrogens is 253 g/mol. The summed E-state index contributed by atoms with van der Waals surface area (Å²) in [4.78, 5) is 2.45. The van der Waals surface area contributed by atoms with E-state index in [0.717, 1.165) is 37.9 Å². The molecule has 0 saturated carbocycles. The van der Waals surface area contributed by atoms with Gasteiger partial charge in [-0.15, -0.1) is 0 Å². The zero-order valence-electron chi connectivity index (χ0n) is 11.6. The average Bonchev–Trinajstić information content (AvgIpc) is 2.97. The first-order chi connectivity index (χ1) is 9.76. The van der Waals surface area contributed by atoms with Gasteiger partial charge in [-0.05, 0) is 48.1 Å². The molecule has 1 N–H and O–H groups in total. The minimum Gasteiger partial charge on any atom is -0.392 e. The van der Waals surface area contributed by atoms with Gasteiger partial charge in [-0.2, -0.15) is 0 Å². The van der Waals surface area contributed by atoms with E-state index < -0.39 is 0 Å². The van der Waals surface area contributed by atoms with Crippen LogP contribution in [0.25, 0.3) is 5.57 Å². The van der Waals surface area contributed by atoms with Gasteiger partial charge in [0, 0.05) is 19.1 Å². The van der Waals surface area contributed by atoms with E-state index in [1.165, 1.54) is 23.3 Å². The summed E-state index contributed by atoms with van der Waals surface area (Å²) in [6.45, 7) is 2.16. The molecule has 1 aromatic rings. The molecule has 0 bridgehead atoms. The zero-order valence-corrected chi connectivity index (χ0v) is 11.6. The Morgan fingerprint density at radius 3 is 2.60 bits per heavy atom. The fourth-order valence-corrected chi connectivity index (χ4v) is 3.10. The van der Waals surface area contributed by atoms with E-state index >= 15 is 0 Å². The first-order valence-corrected chi connectivity index (χ1v) is 7.26. The molecule has 0 saturated heterocycles. The molecule has 20 heavy (non-hydrogen) atoms. The third-order valence-corrected chi connectivity index (χ3v) is 4.32. The van der Waals surface area contributed by atoms with Gasteiger partial charge >= 0.3 is 0 Å². The van der Waals surface area contributed by atoms with Gasteiger partial charge in [-0.3, -0.25) is 4.90 Å². The second kappa shape index (κ2) is 5.90. The third-order valence-electron chi connectivity index (χ3n) is 4.32. The molecule has 0 spiro atoms. The van der Waals surface area contributed by atoms with Crippen LogP contribution in [0, 0.1) is 5.82 Å². The molecule has 2 nitrogen and oxygen atoms in total. The van der Waals surface area contributed by atoms with Gasteiger partial charge in [-0.25, -0.2) is 4.39 Å². The topological polar surface area (TPSA) is 23.5 Å². The zero-order chi connectivity index (χ0) is 13.9. The summed E-state index contributed by atoms with van der Waals surface area (Å²) in [5.74, 6) is -0.181. The van der Waals surface area contributed by atoms with Crippen LogP contribution < -0.4 is 0 Å². The summed E-state index contributed by atoms with van der Waals surface area (Å²) < 4.78 is 12.9. The van der Waals surface area contributed by atoms with Crippen molar-refractivity contribution in [1.29, 1.82) is 0 Å². The van der Waals surface area contributed by atoms with Crippen molar-refractivity contribution in [2.24, 2.45) is 0 Å². The molecule has 1 aliphatic carbocycles. The van der Waals surface area contributed by atoms with Gasteiger partial charge in [0.05, 0.1) is 6.61 Å². The van der Waals surface area contributed by atoms with Gasteiger partial charge in [0.2, 0.25) is 0 Å². The van der Waals surface area contributed by atoms with Crippen molar-refractivity contribution in [3.05, 3.63) is 53.4 Å². The van der Waals surface area contributed by atoms with Gasteiger partial charge in [-0.1, -0.05) is 24.3 Å². The minimum absolute atomic E-state index is 0.181. The number of benzene rings is 1. The van der Waals surface area contributed by atoms with E-state index in [1.54, 1.807) is 0 Å². The van der Waals surface area contributed by atoms with Crippen LogP contribution >= 0.6 is 0 Å². The Labute approximate surface area is 119 Å². The molecule has 3 heteroatoms. The smallest absolute Gasteiger partial charge is 0.123 e. The number of hydrogen-bond acceptors (Lipinski definition) is 2. The molecule has 1 aromatic carbocycles. The molecule has 1 aliphatic heterocycles. The molecule has 106 valence electrons. The Morgan fingerprint density at radius 2 is 2.00 bits per heavy atom. The van der Waals surface area contributed by atoms with E-state index in [-0.39, 0.29) is 12.4 Å². The van der Waals surface area contributed by atoms with Crippen molar-refractivity contribution in [2.75, 3.05) is 19.7 Å². The second-order valence-electron chi connectivity index (χ2n) is 5.57. The fourth-order valence-electron chi connectivity index (χ4n) is 3.10. The summed E-state index contributed by atoms with van der Waals surface area (Å²) in [5.41, 5.74) is 3.61. The van der Waals surface area contributed by atoms with Gasteiger partial charge in [0.25, 0.3) is 0 Å². The number of nitrogens with zero attached hydrogens (tertiary/aromatic N) is 1. The van der Waals surface area contributed by atoms with E-state index in [4.69, 9.17) is 5.11 Å². The summed E-state index contributed by atoms with van der Waals surface area (Å²) in [5, 5.41) is 9.17. The Bertz CT molecular complexity index is 532. The Balaban J connectivity index is 1.66. The lowest BCUT2D eigenvalue weighted by molar-refractivity contribution is 0.250. The number of aliphatic hydroxyl groups is 1. The largest absolute Gasteiger partial charge is 0.392 e. The highest BCUT2D eigenvalue weighted by Crippen LogP contribution is 2.28. The quantitative estimate of drug-likeness (QED) is 0.856. The van der Waals surface area contributed by atoms with Crippen molar-refractivity contribution < 1.29 is 9.50 Å². The maximum Gasteiger partial charge on any atom is 0.123 e. The fraction of sp³-hybridized carbons (Fsp3) is 0.412. The molecule has 0 fully saturated rings.